The van der Waals surface area contributed by atoms with E-state index < -0.39 is 12.6 Å². The molecule has 0 saturated carbocycles. The number of H-pyrrole nitrogens is 1. The van der Waals surface area contributed by atoms with Crippen molar-refractivity contribution in [2.24, 2.45) is 0 Å². The number of nitrogens with zero attached hydrogens (tertiary/aromatic N) is 2. The molecule has 0 amide bonds. The van der Waals surface area contributed by atoms with Crippen molar-refractivity contribution in [1.29, 1.82) is 5.26 Å². The number of aromatic nitrogens is 1. The summed E-state index contributed by atoms with van der Waals surface area (Å²) >= 11 is 0. The van der Waals surface area contributed by atoms with Crippen LogP contribution in [0.15, 0.2) is 48.2 Å². The first kappa shape index (κ1) is 17.0. The van der Waals surface area contributed by atoms with Gasteiger partial charge in [-0.1, -0.05) is 12.1 Å². The highest BCUT2D eigenvalue weighted by Gasteiger charge is 2.14. The van der Waals surface area contributed by atoms with Gasteiger partial charge in [0.25, 0.3) is 0 Å². The van der Waals surface area contributed by atoms with E-state index in [4.69, 9.17) is 10.00 Å². The number of hydrogen-bond donors (Lipinski definition) is 1. The molecule has 0 aliphatic rings. The second kappa shape index (κ2) is 7.79. The number of ether oxygens (including phenoxy) is 1. The Morgan fingerprint density at radius 1 is 1.25 bits per heavy atom. The molecule has 6 nitrogen and oxygen atoms in total. The normalized spacial score (nSPS) is 10.8. The van der Waals surface area contributed by atoms with Crippen LogP contribution in [0.4, 0.5) is 5.69 Å². The molecule has 0 fully saturated rings. The number of nitriles is 1. The number of rotatable bonds is 6. The summed E-state index contributed by atoms with van der Waals surface area (Å²) < 4.78 is 4.91. The van der Waals surface area contributed by atoms with Gasteiger partial charge in [0.15, 0.2) is 6.61 Å². The Labute approximate surface area is 140 Å². The zero-order valence-corrected chi connectivity index (χ0v) is 13.4. The molecule has 0 aliphatic carbocycles. The molecule has 2 aromatic rings. The SMILES string of the molecule is CN(C)c1ccc(/C=C(/C#N)C(=O)OCC(=O)c2ccc[nH]2)cc1. The molecule has 24 heavy (non-hydrogen) atoms. The Morgan fingerprint density at radius 2 is 1.96 bits per heavy atom. The van der Waals surface area contributed by atoms with Crippen molar-refractivity contribution in [2.75, 3.05) is 25.6 Å². The number of carbonyl (C=O) groups excluding carboxylic acids is 2. The summed E-state index contributed by atoms with van der Waals surface area (Å²) in [6.07, 6.45) is 3.04. The fourth-order valence-electron chi connectivity index (χ4n) is 1.96. The van der Waals surface area contributed by atoms with E-state index in [0.717, 1.165) is 5.69 Å². The molecule has 6 heteroatoms. The molecule has 1 heterocycles. The number of anilines is 1. The first-order valence-electron chi connectivity index (χ1n) is 7.24. The number of nitrogens with one attached hydrogen (secondary N) is 1. The van der Waals surface area contributed by atoms with Gasteiger partial charge in [-0.05, 0) is 35.9 Å². The standard InChI is InChI=1S/C18H17N3O3/c1-21(2)15-7-5-13(6-8-15)10-14(11-19)18(23)24-12-17(22)16-4-3-9-20-16/h3-10,20H,12H2,1-2H3/b14-10-. The molecule has 0 atom stereocenters. The number of aromatic amines is 1. The molecule has 0 saturated heterocycles. The van der Waals surface area contributed by atoms with Crippen LogP contribution in [-0.4, -0.2) is 37.4 Å². The molecule has 1 aromatic carbocycles. The second-order valence-electron chi connectivity index (χ2n) is 5.24. The Hall–Kier alpha value is -3.33. The van der Waals surface area contributed by atoms with Gasteiger partial charge in [-0.3, -0.25) is 4.79 Å². The number of benzene rings is 1. The van der Waals surface area contributed by atoms with Gasteiger partial charge < -0.3 is 14.6 Å². The third-order valence-electron chi connectivity index (χ3n) is 3.29. The van der Waals surface area contributed by atoms with Gasteiger partial charge in [-0.25, -0.2) is 4.79 Å². The van der Waals surface area contributed by atoms with Crippen LogP contribution in [0, 0.1) is 11.3 Å². The molecule has 0 bridgehead atoms. The van der Waals surface area contributed by atoms with Crippen LogP contribution in [0.5, 0.6) is 0 Å². The highest BCUT2D eigenvalue weighted by atomic mass is 16.5. The zero-order chi connectivity index (χ0) is 17.5. The zero-order valence-electron chi connectivity index (χ0n) is 13.4. The number of Topliss-reactive ketones (excluding diaryl/α,β-unsaturated/α-hetero) is 1. The highest BCUT2D eigenvalue weighted by molar-refractivity contribution is 6.01. The van der Waals surface area contributed by atoms with Crippen LogP contribution in [0.3, 0.4) is 0 Å². The van der Waals surface area contributed by atoms with Crippen molar-refractivity contribution >= 4 is 23.5 Å². The first-order valence-corrected chi connectivity index (χ1v) is 7.24. The number of carbonyl (C=O) groups is 2. The van der Waals surface area contributed by atoms with E-state index in [9.17, 15) is 9.59 Å². The lowest BCUT2D eigenvalue weighted by Gasteiger charge is -2.11. The Bertz CT molecular complexity index is 782. The van der Waals surface area contributed by atoms with E-state index in [1.807, 2.05) is 31.1 Å². The van der Waals surface area contributed by atoms with Gasteiger partial charge in [0.05, 0.1) is 5.69 Å². The topological polar surface area (TPSA) is 86.2 Å². The minimum atomic E-state index is -0.825. The predicted molar refractivity (Wildman–Crippen MR) is 90.4 cm³/mol. The quantitative estimate of drug-likeness (QED) is 0.382. The molecule has 0 aliphatic heterocycles. The Morgan fingerprint density at radius 3 is 2.50 bits per heavy atom. The van der Waals surface area contributed by atoms with Crippen LogP contribution in [0.1, 0.15) is 16.1 Å². The lowest BCUT2D eigenvalue weighted by Crippen LogP contribution is -2.15. The smallest absolute Gasteiger partial charge is 0.349 e. The third-order valence-corrected chi connectivity index (χ3v) is 3.29. The summed E-state index contributed by atoms with van der Waals surface area (Å²) in [5.41, 5.74) is 1.89. The third kappa shape index (κ3) is 4.34. The summed E-state index contributed by atoms with van der Waals surface area (Å²) in [5.74, 6) is -1.19. The fourth-order valence-corrected chi connectivity index (χ4v) is 1.96. The maximum atomic E-state index is 11.9. The van der Waals surface area contributed by atoms with Crippen LogP contribution in [-0.2, 0) is 9.53 Å². The first-order chi connectivity index (χ1) is 11.5. The monoisotopic (exact) mass is 323 g/mol. The van der Waals surface area contributed by atoms with Crippen molar-refractivity contribution in [1.82, 2.24) is 4.98 Å². The molecule has 0 unspecified atom stereocenters. The van der Waals surface area contributed by atoms with Crippen molar-refractivity contribution < 1.29 is 14.3 Å². The van der Waals surface area contributed by atoms with Gasteiger partial charge in [0, 0.05) is 26.0 Å². The van der Waals surface area contributed by atoms with Crippen LogP contribution >= 0.6 is 0 Å². The molecule has 0 radical (unpaired) electrons. The Kier molecular flexibility index (Phi) is 5.53. The summed E-state index contributed by atoms with van der Waals surface area (Å²) in [6, 6.07) is 12.4. The summed E-state index contributed by atoms with van der Waals surface area (Å²) in [5, 5.41) is 9.13. The van der Waals surface area contributed by atoms with E-state index in [1.54, 1.807) is 36.5 Å². The van der Waals surface area contributed by atoms with Gasteiger partial charge in [0.2, 0.25) is 5.78 Å². The minimum Gasteiger partial charge on any atom is -0.453 e. The molecular weight excluding hydrogens is 306 g/mol. The molecule has 0 spiro atoms. The van der Waals surface area contributed by atoms with Gasteiger partial charge in [0.1, 0.15) is 11.6 Å². The van der Waals surface area contributed by atoms with E-state index in [0.29, 0.717) is 11.3 Å². The maximum absolute atomic E-state index is 11.9. The predicted octanol–water partition coefficient (Wildman–Crippen LogP) is 2.41. The minimum absolute atomic E-state index is 0.160. The second-order valence-corrected chi connectivity index (χ2v) is 5.24. The van der Waals surface area contributed by atoms with E-state index in [2.05, 4.69) is 4.98 Å². The molecule has 122 valence electrons. The van der Waals surface area contributed by atoms with Crippen LogP contribution in [0.25, 0.3) is 6.08 Å². The average Bonchev–Trinajstić information content (AvgIpc) is 3.12. The van der Waals surface area contributed by atoms with Crippen molar-refractivity contribution in [3.05, 3.63) is 59.4 Å². The summed E-state index contributed by atoms with van der Waals surface area (Å²) in [7, 11) is 3.84. The van der Waals surface area contributed by atoms with Crippen LogP contribution in [0.2, 0.25) is 0 Å². The molecule has 1 aromatic heterocycles. The van der Waals surface area contributed by atoms with Gasteiger partial charge in [-0.2, -0.15) is 5.26 Å². The van der Waals surface area contributed by atoms with Gasteiger partial charge in [-0.15, -0.1) is 0 Å². The van der Waals surface area contributed by atoms with Crippen molar-refractivity contribution in [3.63, 3.8) is 0 Å². The maximum Gasteiger partial charge on any atom is 0.349 e. The lowest BCUT2D eigenvalue weighted by molar-refractivity contribution is -0.137. The largest absolute Gasteiger partial charge is 0.453 e. The molecular formula is C18H17N3O3. The van der Waals surface area contributed by atoms with Gasteiger partial charge >= 0.3 is 5.97 Å². The van der Waals surface area contributed by atoms with E-state index >= 15 is 0 Å². The number of esters is 1. The number of ketones is 1. The van der Waals surface area contributed by atoms with Crippen molar-refractivity contribution in [2.45, 2.75) is 0 Å². The van der Waals surface area contributed by atoms with E-state index in [1.165, 1.54) is 6.08 Å². The number of hydrogen-bond acceptors (Lipinski definition) is 5. The van der Waals surface area contributed by atoms with E-state index in [-0.39, 0.29) is 11.4 Å². The molecule has 1 N–H and O–H groups in total. The fraction of sp³-hybridized carbons (Fsp3) is 0.167. The summed E-state index contributed by atoms with van der Waals surface area (Å²) in [4.78, 5) is 28.4. The van der Waals surface area contributed by atoms with Crippen molar-refractivity contribution in [3.8, 4) is 6.07 Å². The molecule has 2 rings (SSSR count). The highest BCUT2D eigenvalue weighted by Crippen LogP contribution is 2.15. The van der Waals surface area contributed by atoms with Crippen LogP contribution < -0.4 is 4.90 Å². The lowest BCUT2D eigenvalue weighted by atomic mass is 10.1. The Balaban J connectivity index is 2.03. The average molecular weight is 323 g/mol. The summed E-state index contributed by atoms with van der Waals surface area (Å²) in [6.45, 7) is -0.419.